The van der Waals surface area contributed by atoms with Crippen molar-refractivity contribution in [3.63, 3.8) is 0 Å². The van der Waals surface area contributed by atoms with E-state index in [0.717, 1.165) is 10.5 Å². The summed E-state index contributed by atoms with van der Waals surface area (Å²) < 4.78 is 5.06. The Kier molecular flexibility index (Phi) is 4.93. The molecule has 140 valence electrons. The number of ether oxygens (including phenoxy) is 1. The molecule has 7 heteroatoms. The third kappa shape index (κ3) is 3.40. The van der Waals surface area contributed by atoms with Gasteiger partial charge in [-0.3, -0.25) is 14.5 Å². The maximum Gasteiger partial charge on any atom is 0.325 e. The van der Waals surface area contributed by atoms with Gasteiger partial charge in [0.1, 0.15) is 11.3 Å². The number of Topliss-reactive ketones (excluding diaryl/α,β-unsaturated/α-hetero) is 1. The lowest BCUT2D eigenvalue weighted by molar-refractivity contribution is -0.130. The van der Waals surface area contributed by atoms with E-state index in [4.69, 9.17) is 16.3 Å². The number of methoxy groups -OCH3 is 1. The Balaban J connectivity index is 1.82. The number of ketones is 1. The van der Waals surface area contributed by atoms with Crippen LogP contribution in [0.25, 0.3) is 0 Å². The second kappa shape index (κ2) is 7.04. The van der Waals surface area contributed by atoms with Crippen LogP contribution >= 0.6 is 11.6 Å². The minimum Gasteiger partial charge on any atom is -0.495 e. The van der Waals surface area contributed by atoms with Crippen molar-refractivity contribution < 1.29 is 19.1 Å². The van der Waals surface area contributed by atoms with Gasteiger partial charge in [-0.1, -0.05) is 41.4 Å². The van der Waals surface area contributed by atoms with Crippen LogP contribution in [0.15, 0.2) is 42.5 Å². The Morgan fingerprint density at radius 3 is 2.44 bits per heavy atom. The Labute approximate surface area is 162 Å². The third-order valence-corrected chi connectivity index (χ3v) is 4.97. The summed E-state index contributed by atoms with van der Waals surface area (Å²) in [5, 5.41) is 2.97. The van der Waals surface area contributed by atoms with Crippen LogP contribution < -0.4 is 10.1 Å². The Morgan fingerprint density at radius 1 is 1.19 bits per heavy atom. The molecule has 1 N–H and O–H groups in total. The lowest BCUT2D eigenvalue weighted by Gasteiger charge is -2.22. The Morgan fingerprint density at radius 2 is 1.85 bits per heavy atom. The van der Waals surface area contributed by atoms with Crippen molar-refractivity contribution in [1.29, 1.82) is 0 Å². The predicted octanol–water partition coefficient (Wildman–Crippen LogP) is 3.31. The highest BCUT2D eigenvalue weighted by Gasteiger charge is 2.49. The molecule has 3 rings (SSSR count). The van der Waals surface area contributed by atoms with Crippen LogP contribution in [0.5, 0.6) is 5.75 Å². The molecule has 1 saturated heterocycles. The minimum atomic E-state index is -1.21. The molecule has 1 fully saturated rings. The number of carbonyl (C=O) groups is 3. The number of nitrogens with zero attached hydrogens (tertiary/aromatic N) is 1. The first-order valence-corrected chi connectivity index (χ1v) is 8.72. The van der Waals surface area contributed by atoms with Crippen molar-refractivity contribution >= 4 is 29.3 Å². The number of hydrogen-bond acceptors (Lipinski definition) is 4. The quantitative estimate of drug-likeness (QED) is 0.631. The highest BCUT2D eigenvalue weighted by Crippen LogP contribution is 2.30. The average Bonchev–Trinajstić information content (AvgIpc) is 2.86. The van der Waals surface area contributed by atoms with Crippen LogP contribution in [0.2, 0.25) is 5.02 Å². The summed E-state index contributed by atoms with van der Waals surface area (Å²) in [6, 6.07) is 11.3. The predicted molar refractivity (Wildman–Crippen MR) is 101 cm³/mol. The number of imide groups is 1. The van der Waals surface area contributed by atoms with E-state index in [-0.39, 0.29) is 11.6 Å². The first-order valence-electron chi connectivity index (χ1n) is 8.34. The summed E-state index contributed by atoms with van der Waals surface area (Å²) >= 11 is 6.05. The van der Waals surface area contributed by atoms with E-state index in [0.29, 0.717) is 16.9 Å². The lowest BCUT2D eigenvalue weighted by atomic mass is 9.91. The van der Waals surface area contributed by atoms with Crippen LogP contribution in [-0.2, 0) is 10.3 Å². The fourth-order valence-electron chi connectivity index (χ4n) is 3.00. The number of benzene rings is 2. The number of aryl methyl sites for hydroxylation is 1. The first-order chi connectivity index (χ1) is 12.8. The van der Waals surface area contributed by atoms with E-state index in [1.807, 2.05) is 19.1 Å². The molecule has 3 amide bonds. The molecule has 0 saturated carbocycles. The molecule has 1 aliphatic heterocycles. The molecule has 1 aliphatic rings. The van der Waals surface area contributed by atoms with Gasteiger partial charge in [0.15, 0.2) is 5.78 Å². The molecule has 1 heterocycles. The van der Waals surface area contributed by atoms with Crippen molar-refractivity contribution in [2.24, 2.45) is 0 Å². The van der Waals surface area contributed by atoms with Gasteiger partial charge in [-0.25, -0.2) is 4.79 Å². The van der Waals surface area contributed by atoms with Gasteiger partial charge in [-0.15, -0.1) is 0 Å². The second-order valence-corrected chi connectivity index (χ2v) is 6.99. The van der Waals surface area contributed by atoms with Gasteiger partial charge >= 0.3 is 6.03 Å². The number of rotatable bonds is 5. The summed E-state index contributed by atoms with van der Waals surface area (Å²) in [7, 11) is 1.47. The zero-order valence-corrected chi connectivity index (χ0v) is 16.0. The number of urea groups is 1. The van der Waals surface area contributed by atoms with Gasteiger partial charge in [0, 0.05) is 5.56 Å². The zero-order chi connectivity index (χ0) is 19.8. The second-order valence-electron chi connectivity index (χ2n) is 6.58. The van der Waals surface area contributed by atoms with E-state index in [1.54, 1.807) is 31.2 Å². The first kappa shape index (κ1) is 18.9. The van der Waals surface area contributed by atoms with E-state index < -0.39 is 23.3 Å². The summed E-state index contributed by atoms with van der Waals surface area (Å²) in [5.41, 5.74) is 0.796. The van der Waals surface area contributed by atoms with E-state index in [2.05, 4.69) is 5.32 Å². The minimum absolute atomic E-state index is 0.282. The van der Waals surface area contributed by atoms with Gasteiger partial charge in [-0.2, -0.15) is 0 Å². The molecule has 0 aliphatic carbocycles. The summed E-state index contributed by atoms with van der Waals surface area (Å²) in [5.74, 6) is -0.421. The molecular weight excluding hydrogens is 368 g/mol. The van der Waals surface area contributed by atoms with E-state index in [1.165, 1.54) is 13.2 Å². The summed E-state index contributed by atoms with van der Waals surface area (Å²) in [6.45, 7) is 3.20. The zero-order valence-electron chi connectivity index (χ0n) is 15.2. The molecule has 0 unspecified atom stereocenters. The van der Waals surface area contributed by atoms with Crippen molar-refractivity contribution in [3.8, 4) is 5.75 Å². The summed E-state index contributed by atoms with van der Waals surface area (Å²) in [6.07, 6.45) is 0. The smallest absolute Gasteiger partial charge is 0.325 e. The molecular formula is C20H19ClN2O4. The van der Waals surface area contributed by atoms with Crippen LogP contribution in [0.4, 0.5) is 4.79 Å². The molecule has 1 atom stereocenters. The van der Waals surface area contributed by atoms with E-state index in [9.17, 15) is 14.4 Å². The monoisotopic (exact) mass is 386 g/mol. The fraction of sp³-hybridized carbons (Fsp3) is 0.250. The fourth-order valence-corrected chi connectivity index (χ4v) is 3.26. The average molecular weight is 387 g/mol. The van der Waals surface area contributed by atoms with E-state index >= 15 is 0 Å². The number of halogens is 1. The number of carbonyl (C=O) groups excluding carboxylic acids is 3. The third-order valence-electron chi connectivity index (χ3n) is 4.68. The van der Waals surface area contributed by atoms with Crippen LogP contribution in [0, 0.1) is 6.92 Å². The topological polar surface area (TPSA) is 75.7 Å². The van der Waals surface area contributed by atoms with Crippen LogP contribution in [0.3, 0.4) is 0 Å². The van der Waals surface area contributed by atoms with Crippen molar-refractivity contribution in [1.82, 2.24) is 10.2 Å². The maximum absolute atomic E-state index is 12.9. The van der Waals surface area contributed by atoms with Crippen molar-refractivity contribution in [3.05, 3.63) is 64.2 Å². The molecule has 0 radical (unpaired) electrons. The molecule has 6 nitrogen and oxygen atoms in total. The lowest BCUT2D eigenvalue weighted by Crippen LogP contribution is -2.41. The van der Waals surface area contributed by atoms with Gasteiger partial charge in [-0.05, 0) is 37.6 Å². The van der Waals surface area contributed by atoms with Gasteiger partial charge < -0.3 is 10.1 Å². The highest BCUT2D eigenvalue weighted by atomic mass is 35.5. The molecule has 0 spiro atoms. The van der Waals surface area contributed by atoms with Gasteiger partial charge in [0.25, 0.3) is 5.91 Å². The molecule has 0 aromatic heterocycles. The van der Waals surface area contributed by atoms with Crippen molar-refractivity contribution in [2.45, 2.75) is 19.4 Å². The van der Waals surface area contributed by atoms with Crippen LogP contribution in [-0.4, -0.2) is 36.3 Å². The SMILES string of the molecule is COc1ccc(C(=O)CN2C(=O)N[C@](C)(c3ccc(C)cc3)C2=O)cc1Cl. The standard InChI is InChI=1S/C20H19ClN2O4/c1-12-4-7-14(8-5-12)20(2)18(25)23(19(26)22-20)11-16(24)13-6-9-17(27-3)15(21)10-13/h4-10H,11H2,1-3H3,(H,22,26)/t20-/m1/s1. The number of amides is 3. The Bertz CT molecular complexity index is 926. The summed E-state index contributed by atoms with van der Waals surface area (Å²) in [4.78, 5) is 38.8. The van der Waals surface area contributed by atoms with Crippen molar-refractivity contribution in [2.75, 3.05) is 13.7 Å². The molecule has 2 aromatic carbocycles. The van der Waals surface area contributed by atoms with Crippen LogP contribution in [0.1, 0.15) is 28.4 Å². The molecule has 0 bridgehead atoms. The maximum atomic E-state index is 12.9. The normalized spacial score (nSPS) is 19.2. The number of nitrogens with one attached hydrogen (secondary N) is 1. The van der Waals surface area contributed by atoms with Gasteiger partial charge in [0.2, 0.25) is 0 Å². The van der Waals surface area contributed by atoms with Gasteiger partial charge in [0.05, 0.1) is 18.7 Å². The molecule has 2 aromatic rings. The number of hydrogen-bond donors (Lipinski definition) is 1. The molecule has 27 heavy (non-hydrogen) atoms. The largest absolute Gasteiger partial charge is 0.495 e. The highest BCUT2D eigenvalue weighted by molar-refractivity contribution is 6.32. The Hall–Kier alpha value is -2.86.